The van der Waals surface area contributed by atoms with Crippen molar-refractivity contribution in [2.75, 3.05) is 5.75 Å². The van der Waals surface area contributed by atoms with E-state index >= 15 is 0 Å². The van der Waals surface area contributed by atoms with Crippen molar-refractivity contribution in [2.24, 2.45) is 0 Å². The third kappa shape index (κ3) is 4.89. The third-order valence-electron chi connectivity index (χ3n) is 5.22. The van der Waals surface area contributed by atoms with E-state index in [9.17, 15) is 8.42 Å². The second-order valence-corrected chi connectivity index (χ2v) is 10.0. The predicted molar refractivity (Wildman–Crippen MR) is 126 cm³/mol. The zero-order chi connectivity index (χ0) is 21.8. The van der Waals surface area contributed by atoms with Gasteiger partial charge in [0.2, 0.25) is 0 Å². The molecule has 0 saturated heterocycles. The number of aryl methyl sites for hydroxylation is 2. The lowest BCUT2D eigenvalue weighted by atomic mass is 10.1. The zero-order valence-electron chi connectivity index (χ0n) is 17.2. The maximum atomic E-state index is 12.2. The molecule has 3 aromatic carbocycles. The van der Waals surface area contributed by atoms with Gasteiger partial charge in [-0.15, -0.1) is 0 Å². The Morgan fingerprint density at radius 1 is 0.871 bits per heavy atom. The summed E-state index contributed by atoms with van der Waals surface area (Å²) in [6.45, 7) is 1.65. The monoisotopic (exact) mass is 450 g/mol. The first-order valence-electron chi connectivity index (χ1n) is 10.2. The van der Waals surface area contributed by atoms with Gasteiger partial charge in [0, 0.05) is 22.5 Å². The molecule has 0 radical (unpaired) electrons. The van der Waals surface area contributed by atoms with Crippen molar-refractivity contribution in [1.29, 1.82) is 0 Å². The molecule has 0 aliphatic rings. The van der Waals surface area contributed by atoms with E-state index in [2.05, 4.69) is 12.1 Å². The molecule has 0 saturated carbocycles. The Kier molecular flexibility index (Phi) is 6.25. The molecule has 0 N–H and O–H groups in total. The highest BCUT2D eigenvalue weighted by Crippen LogP contribution is 2.26. The minimum absolute atomic E-state index is 0.0804. The zero-order valence-corrected chi connectivity index (χ0v) is 18.8. The molecule has 0 spiro atoms. The number of hydrogen-bond acceptors (Lipinski definition) is 3. The molecular weight excluding hydrogens is 428 g/mol. The molecular formula is C25H23ClN2O2S. The molecule has 0 fully saturated rings. The molecule has 0 unspecified atom stereocenters. The largest absolute Gasteiger partial charge is 0.300 e. The summed E-state index contributed by atoms with van der Waals surface area (Å²) in [5.41, 5.74) is 4.04. The van der Waals surface area contributed by atoms with Crippen LogP contribution in [0.15, 0.2) is 90.0 Å². The summed E-state index contributed by atoms with van der Waals surface area (Å²) in [6.07, 6.45) is 3.72. The Balaban J connectivity index is 1.71. The van der Waals surface area contributed by atoms with Crippen molar-refractivity contribution in [3.8, 4) is 17.1 Å². The van der Waals surface area contributed by atoms with Crippen LogP contribution in [-0.4, -0.2) is 23.7 Å². The molecule has 0 atom stereocenters. The number of aromatic nitrogens is 2. The van der Waals surface area contributed by atoms with Gasteiger partial charge in [0.05, 0.1) is 16.3 Å². The second kappa shape index (κ2) is 9.08. The van der Waals surface area contributed by atoms with E-state index in [0.29, 0.717) is 9.92 Å². The Morgan fingerprint density at radius 3 is 2.19 bits per heavy atom. The van der Waals surface area contributed by atoms with Gasteiger partial charge < -0.3 is 0 Å². The van der Waals surface area contributed by atoms with Crippen LogP contribution in [0, 0.1) is 0 Å². The van der Waals surface area contributed by atoms with Crippen LogP contribution in [0.2, 0.25) is 5.02 Å². The Labute approximate surface area is 188 Å². The predicted octanol–water partition coefficient (Wildman–Crippen LogP) is 5.77. The fraction of sp³-hybridized carbons (Fsp3) is 0.160. The summed E-state index contributed by atoms with van der Waals surface area (Å²) in [7, 11) is -3.24. The van der Waals surface area contributed by atoms with E-state index in [1.54, 1.807) is 19.1 Å². The standard InChI is InChI=1S/C25H23ClN2O2S/c1-2-31(29,30)24-16-14-23(15-17-24)28-18-22(13-8-19-6-4-3-5-7-19)27-25(28)20-9-11-21(26)12-10-20/h3-7,9-12,14-18H,2,8,13H2,1H3. The van der Waals surface area contributed by atoms with E-state index in [4.69, 9.17) is 16.6 Å². The Bertz CT molecular complexity index is 1260. The van der Waals surface area contributed by atoms with Crippen molar-refractivity contribution in [3.63, 3.8) is 0 Å². The Hall–Kier alpha value is -2.89. The smallest absolute Gasteiger partial charge is 0.178 e. The van der Waals surface area contributed by atoms with Gasteiger partial charge in [-0.05, 0) is 66.9 Å². The topological polar surface area (TPSA) is 52.0 Å². The summed E-state index contributed by atoms with van der Waals surface area (Å²) in [6, 6.07) is 24.9. The minimum atomic E-state index is -3.24. The highest BCUT2D eigenvalue weighted by atomic mass is 35.5. The van der Waals surface area contributed by atoms with Crippen molar-refractivity contribution >= 4 is 21.4 Å². The molecule has 0 amide bonds. The lowest BCUT2D eigenvalue weighted by Crippen LogP contribution is -2.04. The van der Waals surface area contributed by atoms with Crippen LogP contribution in [0.5, 0.6) is 0 Å². The fourth-order valence-electron chi connectivity index (χ4n) is 3.45. The van der Waals surface area contributed by atoms with E-state index < -0.39 is 9.84 Å². The lowest BCUT2D eigenvalue weighted by molar-refractivity contribution is 0.597. The van der Waals surface area contributed by atoms with E-state index in [0.717, 1.165) is 35.6 Å². The van der Waals surface area contributed by atoms with Crippen LogP contribution in [-0.2, 0) is 22.7 Å². The van der Waals surface area contributed by atoms with Crippen molar-refractivity contribution in [1.82, 2.24) is 9.55 Å². The van der Waals surface area contributed by atoms with Crippen LogP contribution in [0.4, 0.5) is 0 Å². The number of rotatable bonds is 7. The molecule has 4 nitrogen and oxygen atoms in total. The van der Waals surface area contributed by atoms with Crippen LogP contribution in [0.25, 0.3) is 17.1 Å². The second-order valence-electron chi connectivity index (χ2n) is 7.32. The molecule has 6 heteroatoms. The molecule has 0 bridgehead atoms. The van der Waals surface area contributed by atoms with Crippen molar-refractivity contribution < 1.29 is 8.42 Å². The maximum absolute atomic E-state index is 12.2. The van der Waals surface area contributed by atoms with Gasteiger partial charge in [0.25, 0.3) is 0 Å². The SMILES string of the molecule is CCS(=O)(=O)c1ccc(-n2cc(CCc3ccccc3)nc2-c2ccc(Cl)cc2)cc1. The maximum Gasteiger partial charge on any atom is 0.178 e. The van der Waals surface area contributed by atoms with Gasteiger partial charge >= 0.3 is 0 Å². The fourth-order valence-corrected chi connectivity index (χ4v) is 4.46. The van der Waals surface area contributed by atoms with Crippen LogP contribution >= 0.6 is 11.6 Å². The summed E-state index contributed by atoms with van der Waals surface area (Å²) in [5, 5.41) is 0.667. The number of sulfone groups is 1. The summed E-state index contributed by atoms with van der Waals surface area (Å²) in [5.74, 6) is 0.877. The van der Waals surface area contributed by atoms with Gasteiger partial charge in [0.15, 0.2) is 9.84 Å². The lowest BCUT2D eigenvalue weighted by Gasteiger charge is -2.09. The average Bonchev–Trinajstić information content (AvgIpc) is 3.23. The van der Waals surface area contributed by atoms with Crippen molar-refractivity contribution in [3.05, 3.63) is 101 Å². The molecule has 158 valence electrons. The van der Waals surface area contributed by atoms with Crippen LogP contribution in [0.1, 0.15) is 18.2 Å². The van der Waals surface area contributed by atoms with E-state index in [-0.39, 0.29) is 5.75 Å². The Morgan fingerprint density at radius 2 is 1.55 bits per heavy atom. The summed E-state index contributed by atoms with van der Waals surface area (Å²) < 4.78 is 26.3. The number of nitrogens with zero attached hydrogens (tertiary/aromatic N) is 2. The molecule has 31 heavy (non-hydrogen) atoms. The molecule has 0 aliphatic carbocycles. The summed E-state index contributed by atoms with van der Waals surface area (Å²) in [4.78, 5) is 5.22. The van der Waals surface area contributed by atoms with Crippen LogP contribution in [0.3, 0.4) is 0 Å². The van der Waals surface area contributed by atoms with Gasteiger partial charge in [-0.25, -0.2) is 13.4 Å². The molecule has 4 rings (SSSR count). The number of benzene rings is 3. The number of hydrogen-bond donors (Lipinski definition) is 0. The average molecular weight is 451 g/mol. The first kappa shape index (κ1) is 21.3. The quantitative estimate of drug-likeness (QED) is 0.359. The summed E-state index contributed by atoms with van der Waals surface area (Å²) >= 11 is 6.07. The van der Waals surface area contributed by atoms with Gasteiger partial charge in [-0.2, -0.15) is 0 Å². The van der Waals surface area contributed by atoms with E-state index in [1.807, 2.05) is 65.4 Å². The first-order valence-corrected chi connectivity index (χ1v) is 12.2. The number of imidazole rings is 1. The van der Waals surface area contributed by atoms with E-state index in [1.165, 1.54) is 5.56 Å². The normalized spacial score (nSPS) is 11.5. The van der Waals surface area contributed by atoms with Gasteiger partial charge in [0.1, 0.15) is 5.82 Å². The third-order valence-corrected chi connectivity index (χ3v) is 7.23. The highest BCUT2D eigenvalue weighted by molar-refractivity contribution is 7.91. The minimum Gasteiger partial charge on any atom is -0.300 e. The molecule has 4 aromatic rings. The number of halogens is 1. The molecule has 0 aliphatic heterocycles. The van der Waals surface area contributed by atoms with Crippen LogP contribution < -0.4 is 0 Å². The first-order chi connectivity index (χ1) is 15.0. The van der Waals surface area contributed by atoms with Gasteiger partial charge in [-0.1, -0.05) is 48.9 Å². The highest BCUT2D eigenvalue weighted by Gasteiger charge is 2.15. The molecule has 1 aromatic heterocycles. The van der Waals surface area contributed by atoms with Crippen molar-refractivity contribution in [2.45, 2.75) is 24.7 Å². The molecule has 1 heterocycles. The van der Waals surface area contributed by atoms with Gasteiger partial charge in [-0.3, -0.25) is 4.57 Å².